The van der Waals surface area contributed by atoms with Gasteiger partial charge in [-0.1, -0.05) is 29.6 Å². The Balaban J connectivity index is 1.38. The minimum Gasteiger partial charge on any atom is -0.356 e. The summed E-state index contributed by atoms with van der Waals surface area (Å²) in [7, 11) is 0. The molecule has 2 saturated heterocycles. The highest BCUT2D eigenvalue weighted by atomic mass is 35.5. The number of nitrogens with one attached hydrogen (secondary N) is 3. The summed E-state index contributed by atoms with van der Waals surface area (Å²) in [5, 5.41) is 16.8. The first-order valence-electron chi connectivity index (χ1n) is 11.6. The van der Waals surface area contributed by atoms with E-state index in [-0.39, 0.29) is 41.9 Å². The van der Waals surface area contributed by atoms with Gasteiger partial charge >= 0.3 is 0 Å². The summed E-state index contributed by atoms with van der Waals surface area (Å²) >= 11 is 12.6. The molecule has 3 amide bonds. The summed E-state index contributed by atoms with van der Waals surface area (Å²) in [6.45, 7) is 1.07. The number of hydrogen-bond acceptors (Lipinski definition) is 4. The number of nitriles is 1. The number of carbonyl (C=O) groups excluding carboxylic acids is 3. The molecule has 0 spiro atoms. The number of benzene rings is 1. The largest absolute Gasteiger partial charge is 0.356 e. The fraction of sp³-hybridized carbons (Fsp3) is 0.500. The van der Waals surface area contributed by atoms with Crippen LogP contribution < -0.4 is 10.6 Å². The summed E-state index contributed by atoms with van der Waals surface area (Å²) < 4.78 is 0. The Kier molecular flexibility index (Phi) is 6.17. The lowest BCUT2D eigenvalue weighted by Gasteiger charge is -2.28. The van der Waals surface area contributed by atoms with Gasteiger partial charge in [0, 0.05) is 24.4 Å². The third-order valence-corrected chi connectivity index (χ3v) is 8.14. The molecule has 2 aliphatic heterocycles. The fourth-order valence-corrected chi connectivity index (χ4v) is 6.25. The van der Waals surface area contributed by atoms with Crippen LogP contribution >= 0.6 is 23.2 Å². The van der Waals surface area contributed by atoms with Crippen molar-refractivity contribution in [3.8, 4) is 6.07 Å². The highest BCUT2D eigenvalue weighted by molar-refractivity contribution is 6.40. The van der Waals surface area contributed by atoms with Crippen molar-refractivity contribution < 1.29 is 14.4 Å². The maximum atomic E-state index is 13.6. The van der Waals surface area contributed by atoms with Gasteiger partial charge in [0.05, 0.1) is 21.6 Å². The number of H-pyrrole nitrogens is 1. The average Bonchev–Trinajstić information content (AvgIpc) is 3.59. The number of aromatic nitrogens is 1. The number of hydrogen-bond donors (Lipinski definition) is 3. The molecule has 3 fully saturated rings. The van der Waals surface area contributed by atoms with Gasteiger partial charge in [-0.2, -0.15) is 5.26 Å². The van der Waals surface area contributed by atoms with Crippen LogP contribution in [0.2, 0.25) is 10.0 Å². The molecule has 8 nitrogen and oxygen atoms in total. The third kappa shape index (κ3) is 4.01. The molecule has 5 atom stereocenters. The standard InChI is InChI=1S/C24H25Cl2N5O3/c25-17-4-5-18(26)20-16(17)9-19(30-20)24(34)31-11-13-2-1-3-15(13)21(31)23(33)29-14(10-27)8-12-6-7-28-22(12)32/h4-5,9,12-15,21,30H,1-3,6-8,11H2,(H,28,32)(H,29,33)/t12-,13-,14?,15-,21-/m0/s1. The smallest absolute Gasteiger partial charge is 0.271 e. The fourth-order valence-electron chi connectivity index (χ4n) is 5.83. The summed E-state index contributed by atoms with van der Waals surface area (Å²) in [4.78, 5) is 43.6. The normalized spacial score (nSPS) is 26.9. The van der Waals surface area contributed by atoms with Crippen LogP contribution in [0, 0.1) is 29.1 Å². The van der Waals surface area contributed by atoms with Crippen LogP contribution in [0.25, 0.3) is 10.9 Å². The molecule has 0 radical (unpaired) electrons. The molecular formula is C24H25Cl2N5O3. The van der Waals surface area contributed by atoms with Gasteiger partial charge in [0.1, 0.15) is 17.8 Å². The molecule has 3 N–H and O–H groups in total. The molecule has 34 heavy (non-hydrogen) atoms. The predicted molar refractivity (Wildman–Crippen MR) is 127 cm³/mol. The zero-order valence-corrected chi connectivity index (χ0v) is 20.0. The molecule has 5 rings (SSSR count). The molecule has 1 unspecified atom stereocenters. The first kappa shape index (κ1) is 23.0. The van der Waals surface area contributed by atoms with Gasteiger partial charge in [-0.3, -0.25) is 14.4 Å². The van der Waals surface area contributed by atoms with E-state index in [0.29, 0.717) is 46.2 Å². The molecule has 1 aliphatic carbocycles. The molecule has 1 aromatic carbocycles. The van der Waals surface area contributed by atoms with Crippen LogP contribution in [0.1, 0.15) is 42.6 Å². The monoisotopic (exact) mass is 501 g/mol. The van der Waals surface area contributed by atoms with Gasteiger partial charge in [0.2, 0.25) is 11.8 Å². The molecule has 2 aromatic rings. The van der Waals surface area contributed by atoms with Crippen LogP contribution in [-0.2, 0) is 9.59 Å². The number of amides is 3. The second-order valence-corrected chi connectivity index (χ2v) is 10.3. The van der Waals surface area contributed by atoms with Crippen molar-refractivity contribution in [1.82, 2.24) is 20.5 Å². The van der Waals surface area contributed by atoms with Crippen LogP contribution in [0.3, 0.4) is 0 Å². The first-order valence-corrected chi connectivity index (χ1v) is 12.4. The van der Waals surface area contributed by atoms with Gasteiger partial charge in [-0.15, -0.1) is 0 Å². The van der Waals surface area contributed by atoms with Crippen molar-refractivity contribution in [3.63, 3.8) is 0 Å². The topological polar surface area (TPSA) is 118 Å². The molecule has 10 heteroatoms. The number of fused-ring (bicyclic) bond motifs is 2. The Bertz CT molecular complexity index is 1170. The van der Waals surface area contributed by atoms with E-state index in [1.165, 1.54) is 0 Å². The van der Waals surface area contributed by atoms with E-state index in [1.807, 2.05) is 0 Å². The van der Waals surface area contributed by atoms with Crippen molar-refractivity contribution in [2.24, 2.45) is 17.8 Å². The van der Waals surface area contributed by atoms with E-state index in [4.69, 9.17) is 23.2 Å². The molecule has 3 heterocycles. The Morgan fingerprint density at radius 1 is 1.24 bits per heavy atom. The Morgan fingerprint density at radius 3 is 2.74 bits per heavy atom. The lowest BCUT2D eigenvalue weighted by molar-refractivity contribution is -0.127. The molecule has 3 aliphatic rings. The summed E-state index contributed by atoms with van der Waals surface area (Å²) in [5.74, 6) is -0.695. The van der Waals surface area contributed by atoms with Crippen LogP contribution in [-0.4, -0.2) is 52.8 Å². The predicted octanol–water partition coefficient (Wildman–Crippen LogP) is 3.25. The van der Waals surface area contributed by atoms with E-state index < -0.39 is 12.1 Å². The Morgan fingerprint density at radius 2 is 2.03 bits per heavy atom. The van der Waals surface area contributed by atoms with E-state index in [0.717, 1.165) is 19.3 Å². The van der Waals surface area contributed by atoms with Crippen LogP contribution in [0.15, 0.2) is 18.2 Å². The summed E-state index contributed by atoms with van der Waals surface area (Å²) in [5.41, 5.74) is 0.902. The van der Waals surface area contributed by atoms with E-state index in [2.05, 4.69) is 21.7 Å². The highest BCUT2D eigenvalue weighted by Gasteiger charge is 2.50. The van der Waals surface area contributed by atoms with Crippen molar-refractivity contribution in [2.75, 3.05) is 13.1 Å². The highest BCUT2D eigenvalue weighted by Crippen LogP contribution is 2.43. The minimum atomic E-state index is -0.788. The van der Waals surface area contributed by atoms with Crippen molar-refractivity contribution in [3.05, 3.63) is 33.9 Å². The number of nitrogens with zero attached hydrogens (tertiary/aromatic N) is 2. The lowest BCUT2D eigenvalue weighted by atomic mass is 9.92. The van der Waals surface area contributed by atoms with Crippen molar-refractivity contribution >= 4 is 51.8 Å². The maximum Gasteiger partial charge on any atom is 0.271 e. The third-order valence-electron chi connectivity index (χ3n) is 7.50. The van der Waals surface area contributed by atoms with Gasteiger partial charge in [-0.25, -0.2) is 0 Å². The number of carbonyl (C=O) groups is 3. The summed E-state index contributed by atoms with van der Waals surface area (Å²) in [6, 6.07) is 5.69. The average molecular weight is 502 g/mol. The zero-order chi connectivity index (χ0) is 24.0. The molecule has 0 bridgehead atoms. The molecule has 1 aromatic heterocycles. The second-order valence-electron chi connectivity index (χ2n) is 9.46. The second kappa shape index (κ2) is 9.12. The number of halogens is 2. The van der Waals surface area contributed by atoms with Crippen LogP contribution in [0.5, 0.6) is 0 Å². The van der Waals surface area contributed by atoms with Crippen LogP contribution in [0.4, 0.5) is 0 Å². The van der Waals surface area contributed by atoms with E-state index in [9.17, 15) is 19.6 Å². The lowest BCUT2D eigenvalue weighted by Crippen LogP contribution is -2.51. The number of aromatic amines is 1. The Labute approximate surface area is 206 Å². The van der Waals surface area contributed by atoms with Crippen molar-refractivity contribution in [1.29, 1.82) is 5.26 Å². The number of likely N-dealkylation sites (tertiary alicyclic amines) is 1. The van der Waals surface area contributed by atoms with Gasteiger partial charge < -0.3 is 20.5 Å². The van der Waals surface area contributed by atoms with E-state index in [1.54, 1.807) is 23.1 Å². The first-order chi connectivity index (χ1) is 16.4. The van der Waals surface area contributed by atoms with Gasteiger partial charge in [-0.05, 0) is 55.7 Å². The van der Waals surface area contributed by atoms with Crippen molar-refractivity contribution in [2.45, 2.75) is 44.2 Å². The van der Waals surface area contributed by atoms with Gasteiger partial charge in [0.25, 0.3) is 5.91 Å². The quantitative estimate of drug-likeness (QED) is 0.582. The zero-order valence-electron chi connectivity index (χ0n) is 18.4. The Hall–Kier alpha value is -2.76. The maximum absolute atomic E-state index is 13.6. The van der Waals surface area contributed by atoms with E-state index >= 15 is 0 Å². The molecule has 178 valence electrons. The molecule has 1 saturated carbocycles. The molecular weight excluding hydrogens is 477 g/mol. The summed E-state index contributed by atoms with van der Waals surface area (Å²) in [6.07, 6.45) is 3.76. The number of rotatable bonds is 5. The van der Waals surface area contributed by atoms with Gasteiger partial charge in [0.15, 0.2) is 0 Å². The SMILES string of the molecule is N#CC(C[C@@H]1CCNC1=O)NC(=O)[C@@H]1[C@H]2CCC[C@H]2CN1C(=O)c1cc2c(Cl)ccc(Cl)c2[nH]1. The minimum absolute atomic E-state index is 0.0506.